The van der Waals surface area contributed by atoms with Crippen LogP contribution in [0.3, 0.4) is 0 Å². The number of carbonyl (C=O) groups is 4. The van der Waals surface area contributed by atoms with Crippen LogP contribution in [0.2, 0.25) is 0 Å². The molecule has 0 spiro atoms. The van der Waals surface area contributed by atoms with Gasteiger partial charge in [0, 0.05) is 34.3 Å². The van der Waals surface area contributed by atoms with Gasteiger partial charge in [-0.2, -0.15) is 0 Å². The number of aliphatic carboxylic acids is 4. The predicted octanol–water partition coefficient (Wildman–Crippen LogP) is 0.921. The summed E-state index contributed by atoms with van der Waals surface area (Å²) in [7, 11) is 0. The molecule has 0 radical (unpaired) electrons. The maximum absolute atomic E-state index is 9.60. The van der Waals surface area contributed by atoms with Crippen LogP contribution in [0, 0.1) is 5.41 Å². The lowest BCUT2D eigenvalue weighted by Gasteiger charge is -2.25. The van der Waals surface area contributed by atoms with Gasteiger partial charge in [-0.1, -0.05) is 26.3 Å². The van der Waals surface area contributed by atoms with Gasteiger partial charge in [0.2, 0.25) is 0 Å². The molecular weight excluding hydrogens is 456 g/mol. The molecule has 34 heavy (non-hydrogen) atoms. The van der Waals surface area contributed by atoms with Crippen LogP contribution in [0.1, 0.15) is 34.1 Å². The lowest BCUT2D eigenvalue weighted by molar-refractivity contribution is -0.133. The van der Waals surface area contributed by atoms with Crippen molar-refractivity contribution in [1.29, 1.82) is 0 Å². The molecule has 12 heteroatoms. The first kappa shape index (κ1) is 41.0. The molecule has 0 rings (SSSR count). The van der Waals surface area contributed by atoms with Gasteiger partial charge in [-0.15, -0.1) is 0 Å². The van der Waals surface area contributed by atoms with E-state index in [1.165, 1.54) is 27.7 Å². The second kappa shape index (κ2) is 24.3. The molecule has 0 fully saturated rings. The highest BCUT2D eigenvalue weighted by molar-refractivity contribution is 5.85. The summed E-state index contributed by atoms with van der Waals surface area (Å²) in [6.07, 6.45) is 0.219. The number of hydrogen-bond acceptors (Lipinski definition) is 8. The summed E-state index contributed by atoms with van der Waals surface area (Å²) in [6.45, 7) is 17.4. The fourth-order valence-electron chi connectivity index (χ4n) is 0.624. The second-order valence-corrected chi connectivity index (χ2v) is 6.79. The zero-order chi connectivity index (χ0) is 28.7. The summed E-state index contributed by atoms with van der Waals surface area (Å²) in [4.78, 5) is 38.4. The monoisotopic (exact) mass is 494 g/mol. The molecule has 0 aliphatic heterocycles. The second-order valence-electron chi connectivity index (χ2n) is 6.79. The third kappa shape index (κ3) is 33.3. The van der Waals surface area contributed by atoms with Gasteiger partial charge in [-0.25, -0.2) is 19.2 Å². The zero-order valence-corrected chi connectivity index (χ0v) is 20.1. The van der Waals surface area contributed by atoms with E-state index >= 15 is 0 Å². The van der Waals surface area contributed by atoms with E-state index < -0.39 is 29.3 Å². The fourth-order valence-corrected chi connectivity index (χ4v) is 0.624. The van der Waals surface area contributed by atoms with E-state index in [2.05, 4.69) is 26.3 Å². The largest absolute Gasteiger partial charge is 0.478 e. The molecule has 198 valence electrons. The Hall–Kier alpha value is -3.32. The number of aliphatic hydroxyl groups excluding tert-OH is 4. The Balaban J connectivity index is -0.000000105. The van der Waals surface area contributed by atoms with Crippen LogP contribution in [-0.4, -0.2) is 91.2 Å². The maximum Gasteiger partial charge on any atom is 0.330 e. The maximum atomic E-state index is 9.60. The van der Waals surface area contributed by atoms with Crippen LogP contribution >= 0.6 is 0 Å². The molecule has 0 atom stereocenters. The Labute approximate surface area is 199 Å². The Morgan fingerprint density at radius 3 is 0.706 bits per heavy atom. The Morgan fingerprint density at radius 2 is 0.676 bits per heavy atom. The van der Waals surface area contributed by atoms with E-state index in [1.807, 2.05) is 0 Å². The Morgan fingerprint density at radius 1 is 0.529 bits per heavy atom. The molecule has 0 unspecified atom stereocenters. The van der Waals surface area contributed by atoms with Gasteiger partial charge in [-0.3, -0.25) is 0 Å². The minimum absolute atomic E-state index is 0.137. The molecule has 0 aliphatic rings. The van der Waals surface area contributed by atoms with Crippen molar-refractivity contribution < 1.29 is 60.0 Å². The minimum atomic E-state index is -0.935. The Kier molecular flexibility index (Phi) is 29.3. The number of aliphatic hydroxyl groups is 4. The zero-order valence-electron chi connectivity index (χ0n) is 20.1. The quantitative estimate of drug-likeness (QED) is 0.209. The van der Waals surface area contributed by atoms with Crippen molar-refractivity contribution in [3.8, 4) is 0 Å². The summed E-state index contributed by atoms with van der Waals surface area (Å²) in [5.41, 5.74) is -0.204. The van der Waals surface area contributed by atoms with Crippen LogP contribution < -0.4 is 0 Å². The third-order valence-corrected chi connectivity index (χ3v) is 3.11. The highest BCUT2D eigenvalue weighted by Crippen LogP contribution is 2.18. The molecule has 0 heterocycles. The van der Waals surface area contributed by atoms with Gasteiger partial charge < -0.3 is 40.9 Å². The van der Waals surface area contributed by atoms with E-state index in [-0.39, 0.29) is 55.1 Å². The first-order chi connectivity index (χ1) is 15.3. The van der Waals surface area contributed by atoms with E-state index in [9.17, 15) is 19.2 Å². The van der Waals surface area contributed by atoms with Crippen molar-refractivity contribution in [1.82, 2.24) is 0 Å². The van der Waals surface area contributed by atoms with Crippen molar-refractivity contribution in [3.05, 3.63) is 48.6 Å². The SMILES string of the molecule is C=C(C)C(=O)O.C=C(C)C(=O)O.C=C(C)C(=O)O.C=C(C)C(=O)O.OCCC(CO)(CO)CO. The smallest absolute Gasteiger partial charge is 0.330 e. The standard InChI is InChI=1S/C6H14O4.4C4H6O2/c7-2-1-6(3-8,4-9)5-10;4*1-3(2)4(5)6/h7-10H,1-5H2;4*1H2,2H3,(H,5,6). The highest BCUT2D eigenvalue weighted by atomic mass is 16.4. The normalized spacial score (nSPS) is 8.82. The molecule has 12 nitrogen and oxygen atoms in total. The van der Waals surface area contributed by atoms with Crippen molar-refractivity contribution in [3.63, 3.8) is 0 Å². The van der Waals surface area contributed by atoms with Gasteiger partial charge in [-0.05, 0) is 34.1 Å². The van der Waals surface area contributed by atoms with Gasteiger partial charge >= 0.3 is 23.9 Å². The summed E-state index contributed by atoms with van der Waals surface area (Å²) in [6, 6.07) is 0. The first-order valence-corrected chi connectivity index (χ1v) is 9.30. The predicted molar refractivity (Wildman–Crippen MR) is 125 cm³/mol. The molecule has 0 saturated carbocycles. The van der Waals surface area contributed by atoms with Gasteiger partial charge in [0.1, 0.15) is 0 Å². The van der Waals surface area contributed by atoms with Crippen LogP contribution in [0.25, 0.3) is 0 Å². The number of hydrogen-bond donors (Lipinski definition) is 8. The van der Waals surface area contributed by atoms with E-state index in [0.29, 0.717) is 0 Å². The molecule has 0 aromatic carbocycles. The molecule has 0 aromatic rings. The molecule has 0 aromatic heterocycles. The van der Waals surface area contributed by atoms with Crippen LogP contribution in [0.15, 0.2) is 48.6 Å². The van der Waals surface area contributed by atoms with Crippen LogP contribution in [0.5, 0.6) is 0 Å². The minimum Gasteiger partial charge on any atom is -0.478 e. The molecule has 0 bridgehead atoms. The summed E-state index contributed by atoms with van der Waals surface area (Å²) in [5, 5.41) is 66.1. The van der Waals surface area contributed by atoms with Crippen molar-refractivity contribution in [2.24, 2.45) is 5.41 Å². The lowest BCUT2D eigenvalue weighted by Crippen LogP contribution is -2.34. The third-order valence-electron chi connectivity index (χ3n) is 3.11. The molecule has 0 saturated heterocycles. The molecule has 0 amide bonds. The first-order valence-electron chi connectivity index (χ1n) is 9.30. The average molecular weight is 495 g/mol. The Bertz CT molecular complexity index is 536. The van der Waals surface area contributed by atoms with E-state index in [4.69, 9.17) is 40.9 Å². The molecular formula is C22H38O12. The van der Waals surface area contributed by atoms with Crippen LogP contribution in [0.4, 0.5) is 0 Å². The van der Waals surface area contributed by atoms with Crippen molar-refractivity contribution >= 4 is 23.9 Å². The summed E-state index contributed by atoms with van der Waals surface area (Å²) in [5.74, 6) is -3.74. The average Bonchev–Trinajstić information content (AvgIpc) is 2.73. The van der Waals surface area contributed by atoms with E-state index in [1.54, 1.807) is 0 Å². The number of carboxylic acid groups (broad SMARTS) is 4. The number of carboxylic acids is 4. The van der Waals surface area contributed by atoms with Gasteiger partial charge in [0.25, 0.3) is 0 Å². The van der Waals surface area contributed by atoms with Crippen LogP contribution in [-0.2, 0) is 19.2 Å². The molecule has 8 N–H and O–H groups in total. The fraction of sp³-hybridized carbons (Fsp3) is 0.455. The van der Waals surface area contributed by atoms with Crippen molar-refractivity contribution in [2.45, 2.75) is 34.1 Å². The number of rotatable bonds is 9. The summed E-state index contributed by atoms with van der Waals surface area (Å²) < 4.78 is 0. The topological polar surface area (TPSA) is 230 Å². The van der Waals surface area contributed by atoms with Crippen molar-refractivity contribution in [2.75, 3.05) is 26.4 Å². The van der Waals surface area contributed by atoms with Gasteiger partial charge in [0.15, 0.2) is 0 Å². The van der Waals surface area contributed by atoms with Gasteiger partial charge in [0.05, 0.1) is 19.8 Å². The summed E-state index contributed by atoms with van der Waals surface area (Å²) >= 11 is 0. The lowest BCUT2D eigenvalue weighted by atomic mass is 9.88. The molecule has 0 aliphatic carbocycles. The highest BCUT2D eigenvalue weighted by Gasteiger charge is 2.26. The van der Waals surface area contributed by atoms with E-state index in [0.717, 1.165) is 0 Å².